The molecule has 7 nitrogen and oxygen atoms in total. The van der Waals surface area contributed by atoms with Crippen LogP contribution >= 0.6 is 0 Å². The number of allylic oxidation sites excluding steroid dienone is 2. The van der Waals surface area contributed by atoms with E-state index in [1.165, 1.54) is 70.6 Å². The molecule has 0 amide bonds. The highest BCUT2D eigenvalue weighted by atomic mass is 32.3. The average Bonchev–Trinajstić information content (AvgIpc) is 2.49. The van der Waals surface area contributed by atoms with Crippen LogP contribution in [0.5, 0.6) is 0 Å². The Bertz CT molecular complexity index is 415. The van der Waals surface area contributed by atoms with Gasteiger partial charge in [-0.3, -0.25) is 13.9 Å². The molecule has 0 saturated carbocycles. The number of carbonyl (C=O) groups is 1. The zero-order valence-electron chi connectivity index (χ0n) is 16.2. The monoisotopic (exact) mass is 397 g/mol. The summed E-state index contributed by atoms with van der Waals surface area (Å²) in [6.07, 6.45) is 21.2. The standard InChI is InChI=1S/C18H34O2.H3N.H2O4S/c1-2-3-4-5-6-7-8-9-10-11-12-13-14-15-16-17-18(19)20;;1-5(2,3)4/h9-10H,2-8,11-17H2,1H3,(H,19,20);1H3;(H2,1,2,3,4)/b10-9-;;. The van der Waals surface area contributed by atoms with Crippen LogP contribution in [0.1, 0.15) is 96.8 Å². The summed E-state index contributed by atoms with van der Waals surface area (Å²) in [4.78, 5) is 10.3. The van der Waals surface area contributed by atoms with Gasteiger partial charge in [-0.1, -0.05) is 70.4 Å². The van der Waals surface area contributed by atoms with E-state index in [0.29, 0.717) is 6.42 Å². The number of unbranched alkanes of at least 4 members (excludes halogenated alkanes) is 11. The van der Waals surface area contributed by atoms with Crippen molar-refractivity contribution in [3.8, 4) is 0 Å². The molecule has 0 aliphatic heterocycles. The normalized spacial score (nSPS) is 10.9. The highest BCUT2D eigenvalue weighted by Gasteiger charge is 1.95. The Labute approximate surface area is 159 Å². The van der Waals surface area contributed by atoms with Crippen molar-refractivity contribution < 1.29 is 27.4 Å². The molecule has 0 bridgehead atoms. The fourth-order valence-corrected chi connectivity index (χ4v) is 2.35. The molecule has 0 aliphatic carbocycles. The van der Waals surface area contributed by atoms with E-state index in [1.54, 1.807) is 0 Å². The maximum Gasteiger partial charge on any atom is 0.394 e. The van der Waals surface area contributed by atoms with E-state index < -0.39 is 16.4 Å². The van der Waals surface area contributed by atoms with Crippen LogP contribution in [0.3, 0.4) is 0 Å². The number of carboxylic acids is 1. The molecule has 0 aromatic heterocycles. The third-order valence-corrected chi connectivity index (χ3v) is 3.65. The molecule has 0 aliphatic rings. The molecule has 8 heteroatoms. The van der Waals surface area contributed by atoms with Crippen molar-refractivity contribution >= 4 is 16.4 Å². The van der Waals surface area contributed by atoms with Crippen LogP contribution in [0, 0.1) is 0 Å². The van der Waals surface area contributed by atoms with Gasteiger partial charge >= 0.3 is 16.4 Å². The molecule has 0 saturated heterocycles. The fourth-order valence-electron chi connectivity index (χ4n) is 2.35. The zero-order chi connectivity index (χ0) is 19.4. The van der Waals surface area contributed by atoms with Gasteiger partial charge in [0.25, 0.3) is 0 Å². The summed E-state index contributed by atoms with van der Waals surface area (Å²) >= 11 is 0. The summed E-state index contributed by atoms with van der Waals surface area (Å²) in [5.74, 6) is -0.664. The van der Waals surface area contributed by atoms with Gasteiger partial charge < -0.3 is 11.3 Å². The lowest BCUT2D eigenvalue weighted by atomic mass is 10.1. The van der Waals surface area contributed by atoms with Gasteiger partial charge in [-0.15, -0.1) is 0 Å². The Hall–Kier alpha value is -0.960. The summed E-state index contributed by atoms with van der Waals surface area (Å²) in [6, 6.07) is 0. The topological polar surface area (TPSA) is 147 Å². The van der Waals surface area contributed by atoms with Crippen LogP contribution in [0.2, 0.25) is 0 Å². The van der Waals surface area contributed by atoms with Crippen LogP contribution < -0.4 is 6.15 Å². The summed E-state index contributed by atoms with van der Waals surface area (Å²) in [7, 11) is -4.67. The molecule has 26 heavy (non-hydrogen) atoms. The summed E-state index contributed by atoms with van der Waals surface area (Å²) in [6.45, 7) is 2.26. The van der Waals surface area contributed by atoms with E-state index in [0.717, 1.165) is 12.8 Å². The highest BCUT2D eigenvalue weighted by molar-refractivity contribution is 7.79. The molecule has 0 spiro atoms. The summed E-state index contributed by atoms with van der Waals surface area (Å²) < 4.78 is 31.6. The lowest BCUT2D eigenvalue weighted by Gasteiger charge is -1.99. The largest absolute Gasteiger partial charge is 0.481 e. The zero-order valence-corrected chi connectivity index (χ0v) is 17.1. The third-order valence-electron chi connectivity index (χ3n) is 3.65. The van der Waals surface area contributed by atoms with E-state index in [9.17, 15) is 4.79 Å². The molecule has 0 unspecified atom stereocenters. The molecular weight excluding hydrogens is 358 g/mol. The smallest absolute Gasteiger partial charge is 0.394 e. The predicted octanol–water partition coefficient (Wildman–Crippen LogP) is 5.62. The fraction of sp³-hybridized carbons (Fsp3) is 0.833. The van der Waals surface area contributed by atoms with Crippen molar-refractivity contribution in [2.24, 2.45) is 0 Å². The minimum Gasteiger partial charge on any atom is -0.481 e. The average molecular weight is 398 g/mol. The Kier molecular flexibility index (Phi) is 25.3. The number of aliphatic carboxylic acids is 1. The number of carboxylic acid groups (broad SMARTS) is 1. The third kappa shape index (κ3) is 43.5. The van der Waals surface area contributed by atoms with E-state index >= 15 is 0 Å². The van der Waals surface area contributed by atoms with Gasteiger partial charge in [0.15, 0.2) is 0 Å². The molecule has 0 aromatic rings. The summed E-state index contributed by atoms with van der Waals surface area (Å²) in [5, 5.41) is 8.51. The first-order valence-corrected chi connectivity index (χ1v) is 10.7. The first-order chi connectivity index (χ1) is 11.8. The van der Waals surface area contributed by atoms with Crippen LogP contribution in [-0.2, 0) is 15.2 Å². The van der Waals surface area contributed by atoms with E-state index in [-0.39, 0.29) is 6.15 Å². The van der Waals surface area contributed by atoms with Crippen molar-refractivity contribution in [1.82, 2.24) is 6.15 Å². The second-order valence-electron chi connectivity index (χ2n) is 6.18. The van der Waals surface area contributed by atoms with Crippen LogP contribution in [0.25, 0.3) is 0 Å². The van der Waals surface area contributed by atoms with Gasteiger partial charge in [-0.2, -0.15) is 8.42 Å². The second kappa shape index (κ2) is 22.1. The van der Waals surface area contributed by atoms with Crippen molar-refractivity contribution in [1.29, 1.82) is 0 Å². The molecule has 0 atom stereocenters. The molecule has 0 heterocycles. The first-order valence-electron chi connectivity index (χ1n) is 9.34. The van der Waals surface area contributed by atoms with Crippen molar-refractivity contribution in [2.75, 3.05) is 0 Å². The van der Waals surface area contributed by atoms with Gasteiger partial charge in [0.05, 0.1) is 0 Å². The van der Waals surface area contributed by atoms with Gasteiger partial charge in [-0.05, 0) is 32.1 Å². The lowest BCUT2D eigenvalue weighted by Crippen LogP contribution is -1.93. The maximum atomic E-state index is 10.3. The Balaban J connectivity index is -0.000000772. The van der Waals surface area contributed by atoms with Crippen LogP contribution in [0.15, 0.2) is 12.2 Å². The molecule has 158 valence electrons. The molecule has 6 N–H and O–H groups in total. The Morgan fingerprint density at radius 1 is 0.769 bits per heavy atom. The van der Waals surface area contributed by atoms with E-state index in [4.69, 9.17) is 22.6 Å². The SMILES string of the molecule is CCCCCCCC/C=C\CCCCCCCC(=O)O.N.O=S(=O)(O)O. The van der Waals surface area contributed by atoms with Crippen LogP contribution in [-0.4, -0.2) is 28.6 Å². The number of hydrogen-bond donors (Lipinski definition) is 4. The minimum atomic E-state index is -4.67. The van der Waals surface area contributed by atoms with Gasteiger partial charge in [0.2, 0.25) is 0 Å². The van der Waals surface area contributed by atoms with E-state index in [2.05, 4.69) is 19.1 Å². The maximum absolute atomic E-state index is 10.3. The van der Waals surface area contributed by atoms with Crippen molar-refractivity contribution in [3.05, 3.63) is 12.2 Å². The van der Waals surface area contributed by atoms with E-state index in [1.807, 2.05) is 0 Å². The quantitative estimate of drug-likeness (QED) is 0.159. The Morgan fingerprint density at radius 2 is 1.12 bits per heavy atom. The minimum absolute atomic E-state index is 0. The molecule has 0 fully saturated rings. The lowest BCUT2D eigenvalue weighted by molar-refractivity contribution is -0.137. The second-order valence-corrected chi connectivity index (χ2v) is 7.07. The highest BCUT2D eigenvalue weighted by Crippen LogP contribution is 2.09. The Morgan fingerprint density at radius 3 is 1.50 bits per heavy atom. The van der Waals surface area contributed by atoms with Crippen molar-refractivity contribution in [3.63, 3.8) is 0 Å². The molecular formula is C18H39NO6S. The van der Waals surface area contributed by atoms with Crippen molar-refractivity contribution in [2.45, 2.75) is 96.8 Å². The number of hydrogen-bond acceptors (Lipinski definition) is 4. The van der Waals surface area contributed by atoms with Gasteiger partial charge in [-0.25, -0.2) is 0 Å². The molecule has 0 radical (unpaired) electrons. The predicted molar refractivity (Wildman–Crippen MR) is 106 cm³/mol. The molecule has 0 aromatic carbocycles. The van der Waals surface area contributed by atoms with Crippen LogP contribution in [0.4, 0.5) is 0 Å². The number of rotatable bonds is 15. The summed E-state index contributed by atoms with van der Waals surface area (Å²) in [5.41, 5.74) is 0. The van der Waals surface area contributed by atoms with Gasteiger partial charge in [0.1, 0.15) is 0 Å². The first kappa shape index (κ1) is 29.8. The molecule has 0 rings (SSSR count). The van der Waals surface area contributed by atoms with Gasteiger partial charge in [0, 0.05) is 6.42 Å².